The van der Waals surface area contributed by atoms with Gasteiger partial charge in [0, 0.05) is 49.0 Å². The third-order valence-corrected chi connectivity index (χ3v) is 7.94. The average molecular weight is 447 g/mol. The van der Waals surface area contributed by atoms with E-state index in [1.807, 2.05) is 23.1 Å². The second-order valence-corrected chi connectivity index (χ2v) is 10.5. The van der Waals surface area contributed by atoms with Gasteiger partial charge in [-0.25, -0.2) is 0 Å². The fourth-order valence-electron chi connectivity index (χ4n) is 6.09. The van der Waals surface area contributed by atoms with Gasteiger partial charge in [0.05, 0.1) is 12.2 Å². The van der Waals surface area contributed by atoms with Crippen molar-refractivity contribution >= 4 is 23.4 Å². The number of hydrogen-bond donors (Lipinski definition) is 0. The fraction of sp³-hybridized carbons (Fsp3) is 0.667. The maximum atomic E-state index is 13.3. The van der Waals surface area contributed by atoms with Gasteiger partial charge in [0.25, 0.3) is 0 Å². The lowest BCUT2D eigenvalue weighted by Crippen LogP contribution is -2.57. The number of piperidine rings is 1. The van der Waals surface area contributed by atoms with Gasteiger partial charge in [0.2, 0.25) is 11.8 Å². The minimum Gasteiger partial charge on any atom is -0.487 e. The minimum atomic E-state index is -0.361. The largest absolute Gasteiger partial charge is 0.487 e. The molecule has 0 unspecified atom stereocenters. The first-order valence-electron chi connectivity index (χ1n) is 11.4. The first kappa shape index (κ1) is 21.1. The molecule has 7 heteroatoms. The molecule has 1 aromatic rings. The van der Waals surface area contributed by atoms with E-state index in [0.29, 0.717) is 24.7 Å². The van der Waals surface area contributed by atoms with Crippen LogP contribution in [-0.4, -0.2) is 59.0 Å². The molecule has 4 heterocycles. The maximum Gasteiger partial charge on any atom is 0.245 e. The molecule has 0 spiro atoms. The zero-order valence-corrected chi connectivity index (χ0v) is 19.2. The predicted octanol–water partition coefficient (Wildman–Crippen LogP) is 3.82. The number of likely N-dealkylation sites (tertiary alicyclic amines) is 2. The number of ether oxygens (including phenoxy) is 2. The van der Waals surface area contributed by atoms with Crippen LogP contribution in [0.3, 0.4) is 0 Å². The standard InChI is InChI=1S/C24H31ClN2O4/c1-14(28)27-9-4-5-19(27)23(29)26-10-8-20-15(13-26)11-18-22(30-20)17-12-16(25)6-7-21(17)31-24(18,2)3/h6-7,12,15,18-20,22H,4-5,8-11,13H2,1-3H3/t15-,18+,19+,20+,22-/m1/s1. The smallest absolute Gasteiger partial charge is 0.245 e. The Morgan fingerprint density at radius 1 is 1.19 bits per heavy atom. The van der Waals surface area contributed by atoms with Crippen molar-refractivity contribution in [2.75, 3.05) is 19.6 Å². The van der Waals surface area contributed by atoms with Crippen LogP contribution in [0.2, 0.25) is 5.02 Å². The first-order valence-corrected chi connectivity index (χ1v) is 11.8. The third kappa shape index (κ3) is 3.62. The highest BCUT2D eigenvalue weighted by Crippen LogP contribution is 2.53. The Morgan fingerprint density at radius 3 is 2.77 bits per heavy atom. The van der Waals surface area contributed by atoms with Crippen LogP contribution in [0.1, 0.15) is 58.1 Å². The van der Waals surface area contributed by atoms with Gasteiger partial charge in [-0.2, -0.15) is 0 Å². The number of rotatable bonds is 1. The Balaban J connectivity index is 1.34. The highest BCUT2D eigenvalue weighted by Gasteiger charge is 2.52. The number of amides is 2. The molecule has 168 valence electrons. The molecule has 3 fully saturated rings. The average Bonchev–Trinajstić information content (AvgIpc) is 3.23. The van der Waals surface area contributed by atoms with Crippen molar-refractivity contribution in [2.24, 2.45) is 11.8 Å². The molecule has 0 aliphatic carbocycles. The Kier molecular flexibility index (Phi) is 5.21. The van der Waals surface area contributed by atoms with Crippen molar-refractivity contribution < 1.29 is 19.1 Å². The number of nitrogens with zero attached hydrogens (tertiary/aromatic N) is 2. The molecule has 0 radical (unpaired) electrons. The molecule has 0 saturated carbocycles. The molecular weight excluding hydrogens is 416 g/mol. The van der Waals surface area contributed by atoms with E-state index in [1.54, 1.807) is 11.8 Å². The van der Waals surface area contributed by atoms with E-state index in [9.17, 15) is 9.59 Å². The molecule has 5 atom stereocenters. The molecule has 5 rings (SSSR count). The van der Waals surface area contributed by atoms with Gasteiger partial charge < -0.3 is 19.3 Å². The lowest BCUT2D eigenvalue weighted by molar-refractivity contribution is -0.189. The van der Waals surface area contributed by atoms with E-state index < -0.39 is 0 Å². The van der Waals surface area contributed by atoms with Crippen molar-refractivity contribution in [1.29, 1.82) is 0 Å². The summed E-state index contributed by atoms with van der Waals surface area (Å²) in [7, 11) is 0. The van der Waals surface area contributed by atoms with Crippen molar-refractivity contribution in [3.8, 4) is 5.75 Å². The van der Waals surface area contributed by atoms with Crippen LogP contribution in [0.15, 0.2) is 18.2 Å². The molecule has 0 aromatic heterocycles. The highest BCUT2D eigenvalue weighted by molar-refractivity contribution is 6.30. The Labute approximate surface area is 188 Å². The first-order chi connectivity index (χ1) is 14.7. The lowest BCUT2D eigenvalue weighted by Gasteiger charge is -2.53. The van der Waals surface area contributed by atoms with E-state index in [4.69, 9.17) is 21.1 Å². The fourth-order valence-corrected chi connectivity index (χ4v) is 6.27. The molecule has 4 aliphatic heterocycles. The summed E-state index contributed by atoms with van der Waals surface area (Å²) < 4.78 is 13.0. The second kappa shape index (κ2) is 7.66. The highest BCUT2D eigenvalue weighted by atomic mass is 35.5. The summed E-state index contributed by atoms with van der Waals surface area (Å²) in [6.07, 6.45) is 3.52. The monoisotopic (exact) mass is 446 g/mol. The SMILES string of the molecule is CC(=O)N1CCC[C@H]1C(=O)N1CC[C@@H]2O[C@@H]3c4cc(Cl)ccc4OC(C)(C)[C@H]3C[C@@H]2C1. The molecule has 3 saturated heterocycles. The second-order valence-electron chi connectivity index (χ2n) is 10.0. The van der Waals surface area contributed by atoms with E-state index in [-0.39, 0.29) is 47.5 Å². The van der Waals surface area contributed by atoms with Gasteiger partial charge in [0.15, 0.2) is 0 Å². The normalized spacial score (nSPS) is 33.7. The van der Waals surface area contributed by atoms with Crippen molar-refractivity contribution in [3.05, 3.63) is 28.8 Å². The number of fused-ring (bicyclic) bond motifs is 4. The molecule has 4 aliphatic rings. The summed E-state index contributed by atoms with van der Waals surface area (Å²) in [6, 6.07) is 5.48. The topological polar surface area (TPSA) is 59.1 Å². The van der Waals surface area contributed by atoms with Crippen LogP contribution in [0.5, 0.6) is 5.75 Å². The molecule has 2 amide bonds. The summed E-state index contributed by atoms with van der Waals surface area (Å²) in [5.74, 6) is 1.41. The van der Waals surface area contributed by atoms with Crippen LogP contribution in [0.4, 0.5) is 0 Å². The number of carbonyl (C=O) groups is 2. The number of carbonyl (C=O) groups excluding carboxylic acids is 2. The minimum absolute atomic E-state index is 0.00647. The summed E-state index contributed by atoms with van der Waals surface area (Å²) in [5.41, 5.74) is 0.677. The van der Waals surface area contributed by atoms with Crippen LogP contribution < -0.4 is 4.74 Å². The third-order valence-electron chi connectivity index (χ3n) is 7.71. The van der Waals surface area contributed by atoms with Gasteiger partial charge in [-0.15, -0.1) is 0 Å². The molecule has 0 N–H and O–H groups in total. The molecule has 0 bridgehead atoms. The van der Waals surface area contributed by atoms with Gasteiger partial charge in [0.1, 0.15) is 17.4 Å². The zero-order chi connectivity index (χ0) is 21.9. The summed E-state index contributed by atoms with van der Waals surface area (Å²) >= 11 is 6.28. The van der Waals surface area contributed by atoms with Crippen LogP contribution in [0, 0.1) is 11.8 Å². The van der Waals surface area contributed by atoms with E-state index in [0.717, 1.165) is 37.0 Å². The maximum absolute atomic E-state index is 13.3. The quantitative estimate of drug-likeness (QED) is 0.658. The van der Waals surface area contributed by atoms with Crippen molar-refractivity contribution in [2.45, 2.75) is 70.3 Å². The van der Waals surface area contributed by atoms with Crippen LogP contribution in [0.25, 0.3) is 0 Å². The molecule has 1 aromatic carbocycles. The van der Waals surface area contributed by atoms with Crippen molar-refractivity contribution in [3.63, 3.8) is 0 Å². The number of benzene rings is 1. The number of hydrogen-bond acceptors (Lipinski definition) is 4. The van der Waals surface area contributed by atoms with Crippen LogP contribution >= 0.6 is 11.6 Å². The van der Waals surface area contributed by atoms with E-state index in [1.165, 1.54) is 0 Å². The van der Waals surface area contributed by atoms with E-state index in [2.05, 4.69) is 13.8 Å². The number of halogens is 1. The summed E-state index contributed by atoms with van der Waals surface area (Å²) in [5, 5.41) is 0.693. The van der Waals surface area contributed by atoms with Gasteiger partial charge in [-0.05, 0) is 57.7 Å². The molecule has 31 heavy (non-hydrogen) atoms. The predicted molar refractivity (Wildman–Crippen MR) is 117 cm³/mol. The van der Waals surface area contributed by atoms with Gasteiger partial charge >= 0.3 is 0 Å². The summed E-state index contributed by atoms with van der Waals surface area (Å²) in [6.45, 7) is 7.87. The van der Waals surface area contributed by atoms with Crippen molar-refractivity contribution in [1.82, 2.24) is 9.80 Å². The van der Waals surface area contributed by atoms with Crippen LogP contribution in [-0.2, 0) is 14.3 Å². The Bertz CT molecular complexity index is 904. The zero-order valence-electron chi connectivity index (χ0n) is 18.5. The van der Waals surface area contributed by atoms with Gasteiger partial charge in [-0.1, -0.05) is 11.6 Å². The Hall–Kier alpha value is -1.79. The molecule has 6 nitrogen and oxygen atoms in total. The van der Waals surface area contributed by atoms with Gasteiger partial charge in [-0.3, -0.25) is 9.59 Å². The lowest BCUT2D eigenvalue weighted by atomic mass is 9.70. The summed E-state index contributed by atoms with van der Waals surface area (Å²) in [4.78, 5) is 28.9. The molecular formula is C24H31ClN2O4. The van der Waals surface area contributed by atoms with E-state index >= 15 is 0 Å². The Morgan fingerprint density at radius 2 is 2.00 bits per heavy atom.